The van der Waals surface area contributed by atoms with Crippen LogP contribution in [0.4, 0.5) is 14.5 Å². The Kier molecular flexibility index (Phi) is 4.83. The average molecular weight is 304 g/mol. The van der Waals surface area contributed by atoms with E-state index in [2.05, 4.69) is 10.6 Å². The highest BCUT2D eigenvalue weighted by Crippen LogP contribution is 2.15. The molecule has 2 N–H and O–H groups in total. The Bertz CT molecular complexity index is 690. The number of halogens is 2. The summed E-state index contributed by atoms with van der Waals surface area (Å²) in [6.07, 6.45) is 0. The van der Waals surface area contributed by atoms with Crippen molar-refractivity contribution in [3.05, 3.63) is 65.7 Å². The Hall–Kier alpha value is -2.76. The van der Waals surface area contributed by atoms with Gasteiger partial charge < -0.3 is 10.6 Å². The highest BCUT2D eigenvalue weighted by molar-refractivity contribution is 6.00. The summed E-state index contributed by atoms with van der Waals surface area (Å²) < 4.78 is 26.3. The molecule has 4 nitrogen and oxygen atoms in total. The van der Waals surface area contributed by atoms with Crippen molar-refractivity contribution in [1.29, 1.82) is 0 Å². The van der Waals surface area contributed by atoms with Crippen LogP contribution in [0.2, 0.25) is 0 Å². The Morgan fingerprint density at radius 3 is 2.36 bits per heavy atom. The zero-order chi connectivity index (χ0) is 16.1. The molecular formula is C16H14F2N2O2. The molecule has 0 radical (unpaired) electrons. The quantitative estimate of drug-likeness (QED) is 0.912. The highest BCUT2D eigenvalue weighted by atomic mass is 19.1. The van der Waals surface area contributed by atoms with Gasteiger partial charge in [0.05, 0.1) is 5.69 Å². The maximum Gasteiger partial charge on any atom is 0.251 e. The van der Waals surface area contributed by atoms with Gasteiger partial charge in [-0.05, 0) is 31.2 Å². The first-order chi connectivity index (χ1) is 10.5. The molecule has 22 heavy (non-hydrogen) atoms. The normalized spacial score (nSPS) is 11.6. The summed E-state index contributed by atoms with van der Waals surface area (Å²) in [4.78, 5) is 23.8. The van der Waals surface area contributed by atoms with Crippen LogP contribution in [-0.2, 0) is 4.79 Å². The topological polar surface area (TPSA) is 58.2 Å². The van der Waals surface area contributed by atoms with Gasteiger partial charge in [-0.15, -0.1) is 0 Å². The van der Waals surface area contributed by atoms with Crippen LogP contribution in [-0.4, -0.2) is 17.9 Å². The van der Waals surface area contributed by atoms with E-state index < -0.39 is 29.5 Å². The molecule has 0 aliphatic carbocycles. The number of anilines is 1. The summed E-state index contributed by atoms with van der Waals surface area (Å²) in [7, 11) is 0. The molecule has 0 aromatic heterocycles. The van der Waals surface area contributed by atoms with Crippen molar-refractivity contribution >= 4 is 17.5 Å². The lowest BCUT2D eigenvalue weighted by Gasteiger charge is -2.14. The van der Waals surface area contributed by atoms with E-state index in [4.69, 9.17) is 0 Å². The van der Waals surface area contributed by atoms with E-state index in [1.165, 1.54) is 6.92 Å². The van der Waals surface area contributed by atoms with Gasteiger partial charge in [0.2, 0.25) is 5.91 Å². The molecule has 114 valence electrons. The molecule has 0 fully saturated rings. The van der Waals surface area contributed by atoms with Crippen LogP contribution < -0.4 is 10.6 Å². The first-order valence-corrected chi connectivity index (χ1v) is 6.59. The van der Waals surface area contributed by atoms with Crippen molar-refractivity contribution in [2.24, 2.45) is 0 Å². The second kappa shape index (κ2) is 6.80. The Labute approximate surface area is 126 Å². The molecule has 0 saturated carbocycles. The highest BCUT2D eigenvalue weighted by Gasteiger charge is 2.17. The minimum Gasteiger partial charge on any atom is -0.341 e. The van der Waals surface area contributed by atoms with Crippen LogP contribution in [0.5, 0.6) is 0 Å². The Balaban J connectivity index is 1.99. The van der Waals surface area contributed by atoms with E-state index in [0.717, 1.165) is 12.1 Å². The van der Waals surface area contributed by atoms with Crippen molar-refractivity contribution in [2.75, 3.05) is 5.32 Å². The van der Waals surface area contributed by atoms with Crippen LogP contribution in [0, 0.1) is 11.6 Å². The number of carbonyl (C=O) groups excluding carboxylic acids is 2. The third kappa shape index (κ3) is 3.88. The maximum absolute atomic E-state index is 13.5. The minimum absolute atomic E-state index is 0.146. The first-order valence-electron chi connectivity index (χ1n) is 6.59. The summed E-state index contributed by atoms with van der Waals surface area (Å²) in [6, 6.07) is 10.3. The van der Waals surface area contributed by atoms with Gasteiger partial charge in [0.25, 0.3) is 5.91 Å². The molecule has 2 rings (SSSR count). The lowest BCUT2D eigenvalue weighted by molar-refractivity contribution is -0.117. The first kappa shape index (κ1) is 15.6. The van der Waals surface area contributed by atoms with Gasteiger partial charge in [-0.2, -0.15) is 0 Å². The molecule has 2 aromatic carbocycles. The van der Waals surface area contributed by atoms with E-state index in [0.29, 0.717) is 11.6 Å². The molecule has 2 aromatic rings. The van der Waals surface area contributed by atoms with Gasteiger partial charge in [-0.25, -0.2) is 8.78 Å². The lowest BCUT2D eigenvalue weighted by atomic mass is 10.2. The summed E-state index contributed by atoms with van der Waals surface area (Å²) in [6.45, 7) is 1.47. The summed E-state index contributed by atoms with van der Waals surface area (Å²) in [5.41, 5.74) is 0.266. The van der Waals surface area contributed by atoms with Gasteiger partial charge >= 0.3 is 0 Å². The zero-order valence-electron chi connectivity index (χ0n) is 11.8. The minimum atomic E-state index is -0.880. The fraction of sp³-hybridized carbons (Fsp3) is 0.125. The number of hydrogen-bond acceptors (Lipinski definition) is 2. The number of amides is 2. The van der Waals surface area contributed by atoms with Crippen LogP contribution in [0.1, 0.15) is 17.3 Å². The Morgan fingerprint density at radius 2 is 1.73 bits per heavy atom. The third-order valence-electron chi connectivity index (χ3n) is 2.97. The van der Waals surface area contributed by atoms with Crippen LogP contribution in [0.25, 0.3) is 0 Å². The molecule has 2 amide bonds. The SMILES string of the molecule is C[C@@H](NC(=O)c1ccccc1)C(=O)Nc1ccc(F)cc1F. The largest absolute Gasteiger partial charge is 0.341 e. The molecule has 0 heterocycles. The standard InChI is InChI=1S/C16H14F2N2O2/c1-10(19-16(22)11-5-3-2-4-6-11)15(21)20-14-8-7-12(17)9-13(14)18/h2-10H,1H3,(H,19,22)(H,20,21)/t10-/m1/s1. The van der Waals surface area contributed by atoms with Gasteiger partial charge in [0.15, 0.2) is 0 Å². The number of hydrogen-bond donors (Lipinski definition) is 2. The molecule has 0 unspecified atom stereocenters. The van der Waals surface area contributed by atoms with E-state index in [1.807, 2.05) is 0 Å². The maximum atomic E-state index is 13.5. The number of benzene rings is 2. The molecule has 0 saturated heterocycles. The lowest BCUT2D eigenvalue weighted by Crippen LogP contribution is -2.41. The predicted octanol–water partition coefficient (Wildman–Crippen LogP) is 2.72. The molecule has 0 spiro atoms. The van der Waals surface area contributed by atoms with Crippen molar-refractivity contribution in [3.63, 3.8) is 0 Å². The average Bonchev–Trinajstić information content (AvgIpc) is 2.50. The molecule has 0 aliphatic heterocycles. The zero-order valence-corrected chi connectivity index (χ0v) is 11.8. The second-order valence-electron chi connectivity index (χ2n) is 4.67. The molecule has 6 heteroatoms. The van der Waals surface area contributed by atoms with Gasteiger partial charge in [-0.3, -0.25) is 9.59 Å². The van der Waals surface area contributed by atoms with E-state index in [-0.39, 0.29) is 5.69 Å². The van der Waals surface area contributed by atoms with Gasteiger partial charge in [0, 0.05) is 11.6 Å². The fourth-order valence-corrected chi connectivity index (χ4v) is 1.77. The molecule has 1 atom stereocenters. The third-order valence-corrected chi connectivity index (χ3v) is 2.97. The predicted molar refractivity (Wildman–Crippen MR) is 78.4 cm³/mol. The summed E-state index contributed by atoms with van der Waals surface area (Å²) in [5, 5.41) is 4.80. The number of nitrogens with one attached hydrogen (secondary N) is 2. The van der Waals surface area contributed by atoms with E-state index >= 15 is 0 Å². The van der Waals surface area contributed by atoms with Crippen molar-refractivity contribution in [3.8, 4) is 0 Å². The van der Waals surface area contributed by atoms with Gasteiger partial charge in [-0.1, -0.05) is 18.2 Å². The number of carbonyl (C=O) groups is 2. The van der Waals surface area contributed by atoms with Crippen molar-refractivity contribution in [2.45, 2.75) is 13.0 Å². The molecule has 0 bridgehead atoms. The van der Waals surface area contributed by atoms with E-state index in [1.54, 1.807) is 30.3 Å². The second-order valence-corrected chi connectivity index (χ2v) is 4.67. The van der Waals surface area contributed by atoms with E-state index in [9.17, 15) is 18.4 Å². The molecular weight excluding hydrogens is 290 g/mol. The van der Waals surface area contributed by atoms with Crippen molar-refractivity contribution in [1.82, 2.24) is 5.32 Å². The fourth-order valence-electron chi connectivity index (χ4n) is 1.77. The summed E-state index contributed by atoms with van der Waals surface area (Å²) in [5.74, 6) is -2.63. The summed E-state index contributed by atoms with van der Waals surface area (Å²) >= 11 is 0. The monoisotopic (exact) mass is 304 g/mol. The van der Waals surface area contributed by atoms with Crippen LogP contribution in [0.3, 0.4) is 0 Å². The van der Waals surface area contributed by atoms with Crippen molar-refractivity contribution < 1.29 is 18.4 Å². The Morgan fingerprint density at radius 1 is 1.05 bits per heavy atom. The van der Waals surface area contributed by atoms with Gasteiger partial charge in [0.1, 0.15) is 17.7 Å². The van der Waals surface area contributed by atoms with Crippen LogP contribution >= 0.6 is 0 Å². The van der Waals surface area contributed by atoms with Crippen LogP contribution in [0.15, 0.2) is 48.5 Å². The number of rotatable bonds is 4. The smallest absolute Gasteiger partial charge is 0.251 e. The molecule has 0 aliphatic rings.